The number of rotatable bonds is 6. The molecule has 2 aliphatic heterocycles. The lowest BCUT2D eigenvalue weighted by molar-refractivity contribution is -0.138. The molecule has 3 rings (SSSR count). The fourth-order valence-corrected chi connectivity index (χ4v) is 5.05. The molecular weight excluding hydrogens is 364 g/mol. The van der Waals surface area contributed by atoms with E-state index >= 15 is 0 Å². The molecule has 2 aliphatic rings. The Kier molecular flexibility index (Phi) is 6.11. The number of hydrogen-bond acceptors (Lipinski definition) is 4. The van der Waals surface area contributed by atoms with Crippen molar-refractivity contribution in [3.8, 4) is 5.75 Å². The molecule has 1 amide bonds. The van der Waals surface area contributed by atoms with Crippen LogP contribution < -0.4 is 4.74 Å². The zero-order valence-corrected chi connectivity index (χ0v) is 17.3. The number of benzene rings is 1. The molecule has 1 saturated heterocycles. The summed E-state index contributed by atoms with van der Waals surface area (Å²) in [6.07, 6.45) is 4.20. The van der Waals surface area contributed by atoms with Crippen LogP contribution in [0.3, 0.4) is 0 Å². The van der Waals surface area contributed by atoms with Crippen molar-refractivity contribution in [2.45, 2.75) is 45.6 Å². The molecule has 0 aliphatic carbocycles. The smallest absolute Gasteiger partial charge is 0.226 e. The fraction of sp³-hybridized carbons (Fsp3) is 0.650. The van der Waals surface area contributed by atoms with Crippen LogP contribution in [0.25, 0.3) is 0 Å². The molecule has 0 N–H and O–H groups in total. The number of piperidine rings is 1. The SMILES string of the molecule is CCN(C(=O)C1CCN(S(C)(=O)=O)CC1)[C@@H](C)Cc1ccc2c(c1)CCO2. The summed E-state index contributed by atoms with van der Waals surface area (Å²) in [7, 11) is -3.16. The molecule has 1 fully saturated rings. The topological polar surface area (TPSA) is 66.9 Å². The summed E-state index contributed by atoms with van der Waals surface area (Å²) in [5, 5.41) is 0. The van der Waals surface area contributed by atoms with Gasteiger partial charge in [0.15, 0.2) is 0 Å². The Labute approximate surface area is 162 Å². The Balaban J connectivity index is 1.61. The van der Waals surface area contributed by atoms with Crippen LogP contribution in [-0.4, -0.2) is 62.1 Å². The maximum atomic E-state index is 13.0. The number of carbonyl (C=O) groups excluding carboxylic acids is 1. The van der Waals surface area contributed by atoms with Gasteiger partial charge in [0, 0.05) is 38.0 Å². The van der Waals surface area contributed by atoms with Gasteiger partial charge < -0.3 is 9.64 Å². The summed E-state index contributed by atoms with van der Waals surface area (Å²) < 4.78 is 30.4. The first-order valence-electron chi connectivity index (χ1n) is 9.79. The Bertz CT molecular complexity index is 785. The molecule has 6 nitrogen and oxygen atoms in total. The van der Waals surface area contributed by atoms with Gasteiger partial charge in [0.2, 0.25) is 15.9 Å². The number of amides is 1. The third kappa shape index (κ3) is 4.63. The second-order valence-corrected chi connectivity index (χ2v) is 9.64. The van der Waals surface area contributed by atoms with Crippen LogP contribution in [0.1, 0.15) is 37.8 Å². The Morgan fingerprint density at radius 1 is 1.33 bits per heavy atom. The summed E-state index contributed by atoms with van der Waals surface area (Å²) in [6, 6.07) is 6.42. The van der Waals surface area contributed by atoms with Crippen LogP contribution >= 0.6 is 0 Å². The van der Waals surface area contributed by atoms with E-state index in [1.165, 1.54) is 21.7 Å². The van der Waals surface area contributed by atoms with Gasteiger partial charge in [-0.2, -0.15) is 0 Å². The van der Waals surface area contributed by atoms with Crippen LogP contribution in [0.2, 0.25) is 0 Å². The number of fused-ring (bicyclic) bond motifs is 1. The lowest BCUT2D eigenvalue weighted by Crippen LogP contribution is -2.47. The first-order chi connectivity index (χ1) is 12.8. The molecule has 0 aromatic heterocycles. The number of ether oxygens (including phenoxy) is 1. The maximum Gasteiger partial charge on any atom is 0.226 e. The minimum atomic E-state index is -3.16. The quantitative estimate of drug-likeness (QED) is 0.741. The third-order valence-electron chi connectivity index (χ3n) is 5.71. The van der Waals surface area contributed by atoms with Crippen LogP contribution in [0.5, 0.6) is 5.75 Å². The van der Waals surface area contributed by atoms with Crippen molar-refractivity contribution in [3.05, 3.63) is 29.3 Å². The Hall–Kier alpha value is -1.60. The predicted octanol–water partition coefficient (Wildman–Crippen LogP) is 2.07. The van der Waals surface area contributed by atoms with Crippen LogP contribution in [0.4, 0.5) is 0 Å². The van der Waals surface area contributed by atoms with Crippen molar-refractivity contribution in [2.75, 3.05) is 32.5 Å². The summed E-state index contributed by atoms with van der Waals surface area (Å²) in [4.78, 5) is 15.0. The molecule has 1 aromatic rings. The van der Waals surface area contributed by atoms with Crippen molar-refractivity contribution < 1.29 is 17.9 Å². The largest absolute Gasteiger partial charge is 0.493 e. The van der Waals surface area contributed by atoms with Gasteiger partial charge >= 0.3 is 0 Å². The first-order valence-corrected chi connectivity index (χ1v) is 11.6. The van der Waals surface area contributed by atoms with Gasteiger partial charge in [-0.05, 0) is 50.3 Å². The summed E-state index contributed by atoms with van der Waals surface area (Å²) in [6.45, 7) is 6.39. The summed E-state index contributed by atoms with van der Waals surface area (Å²) >= 11 is 0. The molecule has 27 heavy (non-hydrogen) atoms. The number of likely N-dealkylation sites (N-methyl/N-ethyl adjacent to an activating group) is 1. The van der Waals surface area contributed by atoms with E-state index in [9.17, 15) is 13.2 Å². The minimum absolute atomic E-state index is 0.0844. The van der Waals surface area contributed by atoms with Crippen molar-refractivity contribution in [1.82, 2.24) is 9.21 Å². The zero-order valence-electron chi connectivity index (χ0n) is 16.5. The average molecular weight is 395 g/mol. The summed E-state index contributed by atoms with van der Waals surface area (Å²) in [5.74, 6) is 1.05. The van der Waals surface area contributed by atoms with E-state index in [1.54, 1.807) is 0 Å². The number of hydrogen-bond donors (Lipinski definition) is 0. The molecule has 0 saturated carbocycles. The van der Waals surface area contributed by atoms with E-state index < -0.39 is 10.0 Å². The van der Waals surface area contributed by atoms with Crippen LogP contribution in [-0.2, 0) is 27.7 Å². The van der Waals surface area contributed by atoms with Gasteiger partial charge in [-0.15, -0.1) is 0 Å². The van der Waals surface area contributed by atoms with E-state index in [0.717, 1.165) is 25.2 Å². The number of carbonyl (C=O) groups is 1. The van der Waals surface area contributed by atoms with E-state index in [1.807, 2.05) is 17.9 Å². The summed E-state index contributed by atoms with van der Waals surface area (Å²) in [5.41, 5.74) is 2.48. The van der Waals surface area contributed by atoms with E-state index in [0.29, 0.717) is 32.5 Å². The van der Waals surface area contributed by atoms with Crippen molar-refractivity contribution in [2.24, 2.45) is 5.92 Å². The molecule has 0 spiro atoms. The molecule has 1 aromatic carbocycles. The maximum absolute atomic E-state index is 13.0. The lowest BCUT2D eigenvalue weighted by atomic mass is 9.95. The highest BCUT2D eigenvalue weighted by Crippen LogP contribution is 2.27. The lowest BCUT2D eigenvalue weighted by Gasteiger charge is -2.35. The monoisotopic (exact) mass is 394 g/mol. The minimum Gasteiger partial charge on any atom is -0.493 e. The van der Waals surface area contributed by atoms with Gasteiger partial charge in [-0.1, -0.05) is 12.1 Å². The van der Waals surface area contributed by atoms with E-state index in [4.69, 9.17) is 4.74 Å². The Morgan fingerprint density at radius 3 is 2.67 bits per heavy atom. The number of nitrogens with zero attached hydrogens (tertiary/aromatic N) is 2. The molecule has 0 radical (unpaired) electrons. The second kappa shape index (κ2) is 8.19. The van der Waals surface area contributed by atoms with Crippen LogP contribution in [0, 0.1) is 5.92 Å². The molecule has 1 atom stereocenters. The van der Waals surface area contributed by atoms with Gasteiger partial charge in [0.25, 0.3) is 0 Å². The third-order valence-corrected chi connectivity index (χ3v) is 7.02. The highest BCUT2D eigenvalue weighted by atomic mass is 32.2. The number of sulfonamides is 1. The van der Waals surface area contributed by atoms with Gasteiger partial charge in [0.05, 0.1) is 12.9 Å². The predicted molar refractivity (Wildman–Crippen MR) is 105 cm³/mol. The van der Waals surface area contributed by atoms with Gasteiger partial charge in [-0.25, -0.2) is 12.7 Å². The van der Waals surface area contributed by atoms with E-state index in [2.05, 4.69) is 19.1 Å². The average Bonchev–Trinajstić information content (AvgIpc) is 3.09. The molecule has 2 heterocycles. The highest BCUT2D eigenvalue weighted by molar-refractivity contribution is 7.88. The second-order valence-electron chi connectivity index (χ2n) is 7.65. The normalized spacial score (nSPS) is 19.4. The van der Waals surface area contributed by atoms with Crippen molar-refractivity contribution in [1.29, 1.82) is 0 Å². The first kappa shape index (κ1) is 20.1. The highest BCUT2D eigenvalue weighted by Gasteiger charge is 2.32. The Morgan fingerprint density at radius 2 is 2.04 bits per heavy atom. The van der Waals surface area contributed by atoms with Crippen molar-refractivity contribution in [3.63, 3.8) is 0 Å². The van der Waals surface area contributed by atoms with E-state index in [-0.39, 0.29) is 17.9 Å². The molecule has 0 unspecified atom stereocenters. The molecule has 150 valence electrons. The molecular formula is C20H30N2O4S. The standard InChI is InChI=1S/C20H30N2O4S/c1-4-22(20(23)17-7-10-21(11-8-17)27(3,24)25)15(2)13-16-5-6-19-18(14-16)9-12-26-19/h5-6,14-15,17H,4,7-13H2,1-3H3/t15-/m0/s1. The van der Waals surface area contributed by atoms with Crippen LogP contribution in [0.15, 0.2) is 18.2 Å². The molecule has 0 bridgehead atoms. The zero-order chi connectivity index (χ0) is 19.6. The fourth-order valence-electron chi connectivity index (χ4n) is 4.17. The van der Waals surface area contributed by atoms with Gasteiger partial charge in [0.1, 0.15) is 5.75 Å². The van der Waals surface area contributed by atoms with Gasteiger partial charge in [-0.3, -0.25) is 4.79 Å². The van der Waals surface area contributed by atoms with Crippen molar-refractivity contribution >= 4 is 15.9 Å². The molecule has 7 heteroatoms.